The largest absolute Gasteiger partial charge is 0.467 e. The summed E-state index contributed by atoms with van der Waals surface area (Å²) in [4.78, 5) is 14.7. The zero-order valence-electron chi connectivity index (χ0n) is 15.6. The maximum Gasteiger partial charge on any atom is 0.234 e. The topological polar surface area (TPSA) is 58.6 Å². The van der Waals surface area contributed by atoms with Crippen molar-refractivity contribution in [2.45, 2.75) is 39.3 Å². The van der Waals surface area contributed by atoms with E-state index in [0.717, 1.165) is 35.5 Å². The Labute approximate surface area is 154 Å². The fourth-order valence-electron chi connectivity index (χ4n) is 3.17. The van der Waals surface area contributed by atoms with Crippen molar-refractivity contribution in [2.75, 3.05) is 13.1 Å². The van der Waals surface area contributed by atoms with Crippen LogP contribution < -0.4 is 5.32 Å². The van der Waals surface area contributed by atoms with Crippen LogP contribution in [0.5, 0.6) is 0 Å². The molecule has 3 aromatic rings. The third kappa shape index (κ3) is 4.17. The average Bonchev–Trinajstić information content (AvgIpc) is 3.30. The molecule has 0 spiro atoms. The van der Waals surface area contributed by atoms with Gasteiger partial charge in [-0.1, -0.05) is 25.1 Å². The summed E-state index contributed by atoms with van der Waals surface area (Å²) in [5.74, 6) is 1.61. The van der Waals surface area contributed by atoms with Gasteiger partial charge in [-0.05, 0) is 51.1 Å². The van der Waals surface area contributed by atoms with Gasteiger partial charge in [0.25, 0.3) is 0 Å². The minimum atomic E-state index is -0.150. The van der Waals surface area contributed by atoms with E-state index >= 15 is 0 Å². The van der Waals surface area contributed by atoms with Crippen molar-refractivity contribution in [3.63, 3.8) is 0 Å². The molecule has 26 heavy (non-hydrogen) atoms. The molecule has 5 heteroatoms. The van der Waals surface area contributed by atoms with Gasteiger partial charge in [-0.25, -0.2) is 0 Å². The second-order valence-corrected chi connectivity index (χ2v) is 6.64. The van der Waals surface area contributed by atoms with Gasteiger partial charge in [0, 0.05) is 5.39 Å². The minimum absolute atomic E-state index is 0.0204. The molecule has 1 aromatic carbocycles. The first-order valence-electron chi connectivity index (χ1n) is 9.13. The number of nitrogens with one attached hydrogen (secondary N) is 1. The summed E-state index contributed by atoms with van der Waals surface area (Å²) in [7, 11) is 0. The zero-order valence-corrected chi connectivity index (χ0v) is 15.6. The van der Waals surface area contributed by atoms with Gasteiger partial charge in [-0.3, -0.25) is 9.69 Å². The van der Waals surface area contributed by atoms with Gasteiger partial charge in [-0.2, -0.15) is 0 Å². The molecule has 0 saturated heterocycles. The first kappa shape index (κ1) is 18.3. The molecule has 0 aliphatic rings. The van der Waals surface area contributed by atoms with E-state index in [1.165, 1.54) is 0 Å². The third-order valence-corrected chi connectivity index (χ3v) is 4.61. The standard InChI is InChI=1S/C21H26N2O3/c1-4-11-23(14-21(24)22-15(2)18-10-7-12-25-18)16(3)20-13-17-8-5-6-9-19(17)26-20/h5-10,12-13,15-16H,4,11,14H2,1-3H3,(H,22,24). The lowest BCUT2D eigenvalue weighted by atomic mass is 10.1. The van der Waals surface area contributed by atoms with Crippen LogP contribution in [0, 0.1) is 0 Å². The molecule has 1 N–H and O–H groups in total. The number of carbonyl (C=O) groups excluding carboxylic acids is 1. The van der Waals surface area contributed by atoms with Crippen molar-refractivity contribution in [1.29, 1.82) is 0 Å². The first-order valence-corrected chi connectivity index (χ1v) is 9.13. The van der Waals surface area contributed by atoms with Crippen molar-refractivity contribution in [2.24, 2.45) is 0 Å². The van der Waals surface area contributed by atoms with E-state index in [0.29, 0.717) is 6.54 Å². The fraction of sp³-hybridized carbons (Fsp3) is 0.381. The lowest BCUT2D eigenvalue weighted by Gasteiger charge is -2.27. The van der Waals surface area contributed by atoms with Crippen molar-refractivity contribution in [3.8, 4) is 0 Å². The summed E-state index contributed by atoms with van der Waals surface area (Å²) >= 11 is 0. The predicted molar refractivity (Wildman–Crippen MR) is 102 cm³/mol. The van der Waals surface area contributed by atoms with Crippen LogP contribution in [0.2, 0.25) is 0 Å². The number of amides is 1. The van der Waals surface area contributed by atoms with Gasteiger partial charge in [0.15, 0.2) is 0 Å². The van der Waals surface area contributed by atoms with E-state index < -0.39 is 0 Å². The van der Waals surface area contributed by atoms with E-state index in [1.54, 1.807) is 6.26 Å². The Morgan fingerprint density at radius 3 is 2.65 bits per heavy atom. The molecule has 1 amide bonds. The van der Waals surface area contributed by atoms with E-state index in [2.05, 4.69) is 30.1 Å². The fourth-order valence-corrected chi connectivity index (χ4v) is 3.17. The molecule has 2 atom stereocenters. The SMILES string of the molecule is CCCN(CC(=O)NC(C)c1ccco1)C(C)c1cc2ccccc2o1. The third-order valence-electron chi connectivity index (χ3n) is 4.61. The van der Waals surface area contributed by atoms with Crippen LogP contribution in [0.15, 0.2) is 57.6 Å². The molecule has 0 fully saturated rings. The number of benzene rings is 1. The summed E-state index contributed by atoms with van der Waals surface area (Å²) in [6.07, 6.45) is 2.58. The van der Waals surface area contributed by atoms with Crippen molar-refractivity contribution in [1.82, 2.24) is 10.2 Å². The number of rotatable bonds is 8. The monoisotopic (exact) mass is 354 g/mol. The quantitative estimate of drug-likeness (QED) is 0.638. The lowest BCUT2D eigenvalue weighted by Crippen LogP contribution is -2.39. The number of nitrogens with zero attached hydrogens (tertiary/aromatic N) is 1. The zero-order chi connectivity index (χ0) is 18.5. The normalized spacial score (nSPS) is 13.8. The van der Waals surface area contributed by atoms with Crippen LogP contribution >= 0.6 is 0 Å². The summed E-state index contributed by atoms with van der Waals surface area (Å²) < 4.78 is 11.3. The molecule has 2 heterocycles. The maximum atomic E-state index is 12.5. The molecule has 0 saturated carbocycles. The Bertz CT molecular complexity index is 805. The molecule has 138 valence electrons. The second-order valence-electron chi connectivity index (χ2n) is 6.64. The highest BCUT2D eigenvalue weighted by Crippen LogP contribution is 2.27. The Morgan fingerprint density at radius 1 is 1.15 bits per heavy atom. The first-order chi connectivity index (χ1) is 12.6. The summed E-state index contributed by atoms with van der Waals surface area (Å²) in [6, 6.07) is 13.6. The number of fused-ring (bicyclic) bond motifs is 1. The van der Waals surface area contributed by atoms with Crippen molar-refractivity contribution >= 4 is 16.9 Å². The van der Waals surface area contributed by atoms with E-state index in [-0.39, 0.29) is 18.0 Å². The van der Waals surface area contributed by atoms with E-state index in [9.17, 15) is 4.79 Å². The molecular weight excluding hydrogens is 328 g/mol. The van der Waals surface area contributed by atoms with E-state index in [4.69, 9.17) is 8.83 Å². The molecule has 2 unspecified atom stereocenters. The Kier molecular flexibility index (Phi) is 5.78. The van der Waals surface area contributed by atoms with Gasteiger partial charge in [-0.15, -0.1) is 0 Å². The Hall–Kier alpha value is -2.53. The highest BCUT2D eigenvalue weighted by molar-refractivity contribution is 5.79. The molecule has 0 aliphatic carbocycles. The molecular formula is C21H26N2O3. The number of para-hydroxylation sites is 1. The Morgan fingerprint density at radius 2 is 1.96 bits per heavy atom. The smallest absolute Gasteiger partial charge is 0.234 e. The van der Waals surface area contributed by atoms with Crippen LogP contribution in [-0.2, 0) is 4.79 Å². The van der Waals surface area contributed by atoms with Crippen LogP contribution in [0.25, 0.3) is 11.0 Å². The average molecular weight is 354 g/mol. The molecule has 0 radical (unpaired) electrons. The number of hydrogen-bond acceptors (Lipinski definition) is 4. The van der Waals surface area contributed by atoms with Crippen molar-refractivity contribution < 1.29 is 13.6 Å². The predicted octanol–water partition coefficient (Wildman–Crippen LogP) is 4.68. The van der Waals surface area contributed by atoms with Gasteiger partial charge >= 0.3 is 0 Å². The molecule has 2 aromatic heterocycles. The summed E-state index contributed by atoms with van der Waals surface area (Å²) in [6.45, 7) is 7.25. The van der Waals surface area contributed by atoms with Gasteiger partial charge < -0.3 is 14.2 Å². The van der Waals surface area contributed by atoms with Crippen LogP contribution in [-0.4, -0.2) is 23.9 Å². The molecule has 3 rings (SSSR count). The highest BCUT2D eigenvalue weighted by atomic mass is 16.3. The molecule has 0 bridgehead atoms. The van der Waals surface area contributed by atoms with Crippen molar-refractivity contribution in [3.05, 3.63) is 60.2 Å². The molecule has 0 aliphatic heterocycles. The second kappa shape index (κ2) is 8.23. The number of carbonyl (C=O) groups is 1. The maximum absolute atomic E-state index is 12.5. The molecule has 5 nitrogen and oxygen atoms in total. The number of furan rings is 2. The summed E-state index contributed by atoms with van der Waals surface area (Å²) in [5.41, 5.74) is 0.877. The van der Waals surface area contributed by atoms with Crippen LogP contribution in [0.4, 0.5) is 0 Å². The Balaban J connectivity index is 1.68. The van der Waals surface area contributed by atoms with Gasteiger partial charge in [0.2, 0.25) is 5.91 Å². The summed E-state index contributed by atoms with van der Waals surface area (Å²) in [5, 5.41) is 4.08. The highest BCUT2D eigenvalue weighted by Gasteiger charge is 2.22. The lowest BCUT2D eigenvalue weighted by molar-refractivity contribution is -0.123. The minimum Gasteiger partial charge on any atom is -0.467 e. The van der Waals surface area contributed by atoms with Crippen LogP contribution in [0.1, 0.15) is 50.8 Å². The number of hydrogen-bond donors (Lipinski definition) is 1. The van der Waals surface area contributed by atoms with E-state index in [1.807, 2.05) is 43.3 Å². The van der Waals surface area contributed by atoms with Crippen LogP contribution in [0.3, 0.4) is 0 Å². The van der Waals surface area contributed by atoms with Gasteiger partial charge in [0.05, 0.1) is 24.9 Å². The van der Waals surface area contributed by atoms with Gasteiger partial charge in [0.1, 0.15) is 17.1 Å².